The number of rotatable bonds is 5. The van der Waals surface area contributed by atoms with Gasteiger partial charge in [0.2, 0.25) is 0 Å². The third-order valence-electron chi connectivity index (χ3n) is 4.54. The highest BCUT2D eigenvalue weighted by Crippen LogP contribution is 2.33. The van der Waals surface area contributed by atoms with Crippen molar-refractivity contribution >= 4 is 56.7 Å². The SMILES string of the molecule is CC(C)(C)OC(=O)N(c1cscn1)S(=O)(=O)c1cc(Cl)c(N[C@@H]2CCN(C(=O)O)C2)cc1F. The van der Waals surface area contributed by atoms with Gasteiger partial charge >= 0.3 is 12.2 Å². The first-order valence-corrected chi connectivity index (χ1v) is 12.5. The van der Waals surface area contributed by atoms with Gasteiger partial charge in [-0.15, -0.1) is 15.6 Å². The number of halogens is 2. The molecule has 180 valence electrons. The molecule has 2 amide bonds. The zero-order chi connectivity index (χ0) is 24.6. The highest BCUT2D eigenvalue weighted by molar-refractivity contribution is 7.93. The molecule has 1 aromatic carbocycles. The van der Waals surface area contributed by atoms with E-state index in [4.69, 9.17) is 21.4 Å². The third-order valence-corrected chi connectivity index (χ3v) is 7.12. The predicted octanol–water partition coefficient (Wildman–Crippen LogP) is 4.23. The van der Waals surface area contributed by atoms with E-state index in [9.17, 15) is 18.0 Å². The standard InChI is InChI=1S/C19H22ClFN4O6S2/c1-19(2,3)31-18(28)25(16-9-32-10-22-16)33(29,30)15-6-12(20)14(7-13(15)21)23-11-4-5-24(8-11)17(26)27/h6-7,9-11,23H,4-5,8H2,1-3H3,(H,26,27)/t11-/m1/s1. The lowest BCUT2D eigenvalue weighted by Crippen LogP contribution is -2.41. The Morgan fingerprint density at radius 1 is 1.39 bits per heavy atom. The van der Waals surface area contributed by atoms with E-state index in [0.717, 1.165) is 23.5 Å². The van der Waals surface area contributed by atoms with Crippen molar-refractivity contribution < 1.29 is 32.2 Å². The Kier molecular flexibility index (Phi) is 7.05. The van der Waals surface area contributed by atoms with Gasteiger partial charge in [0.05, 0.1) is 16.2 Å². The topological polar surface area (TPSA) is 129 Å². The normalized spacial score (nSPS) is 16.5. The van der Waals surface area contributed by atoms with Crippen LogP contribution in [0.15, 0.2) is 27.9 Å². The summed E-state index contributed by atoms with van der Waals surface area (Å²) in [6, 6.07) is 1.46. The van der Waals surface area contributed by atoms with Gasteiger partial charge in [-0.25, -0.2) is 27.4 Å². The molecule has 1 saturated heterocycles. The molecular formula is C19H22ClFN4O6S2. The van der Waals surface area contributed by atoms with Crippen molar-refractivity contribution in [3.63, 3.8) is 0 Å². The predicted molar refractivity (Wildman–Crippen MR) is 121 cm³/mol. The van der Waals surface area contributed by atoms with E-state index in [0.29, 0.717) is 13.0 Å². The quantitative estimate of drug-likeness (QED) is 0.599. The zero-order valence-electron chi connectivity index (χ0n) is 17.9. The van der Waals surface area contributed by atoms with Gasteiger partial charge in [-0.3, -0.25) is 0 Å². The summed E-state index contributed by atoms with van der Waals surface area (Å²) in [6.07, 6.45) is -1.84. The lowest BCUT2D eigenvalue weighted by Gasteiger charge is -2.26. The van der Waals surface area contributed by atoms with Crippen LogP contribution in [0.1, 0.15) is 27.2 Å². The molecule has 10 nitrogen and oxygen atoms in total. The summed E-state index contributed by atoms with van der Waals surface area (Å²) in [7, 11) is -4.78. The Bertz CT molecular complexity index is 1150. The maximum atomic E-state index is 15.0. The summed E-state index contributed by atoms with van der Waals surface area (Å²) >= 11 is 7.27. The van der Waals surface area contributed by atoms with Crippen molar-refractivity contribution in [3.8, 4) is 0 Å². The number of hydrogen-bond acceptors (Lipinski definition) is 8. The number of carboxylic acid groups (broad SMARTS) is 1. The smallest absolute Gasteiger partial charge is 0.430 e. The van der Waals surface area contributed by atoms with E-state index in [-0.39, 0.29) is 33.4 Å². The fraction of sp³-hybridized carbons (Fsp3) is 0.421. The van der Waals surface area contributed by atoms with Crippen LogP contribution >= 0.6 is 22.9 Å². The number of anilines is 2. The molecule has 2 N–H and O–H groups in total. The number of sulfonamides is 1. The van der Waals surface area contributed by atoms with Crippen molar-refractivity contribution in [2.24, 2.45) is 0 Å². The van der Waals surface area contributed by atoms with Gasteiger partial charge < -0.3 is 20.1 Å². The monoisotopic (exact) mass is 520 g/mol. The Morgan fingerprint density at radius 2 is 2.09 bits per heavy atom. The van der Waals surface area contributed by atoms with Gasteiger partial charge in [0.15, 0.2) is 5.82 Å². The molecule has 1 aliphatic rings. The van der Waals surface area contributed by atoms with Crippen LogP contribution in [0.2, 0.25) is 5.02 Å². The van der Waals surface area contributed by atoms with E-state index < -0.39 is 38.5 Å². The summed E-state index contributed by atoms with van der Waals surface area (Å²) in [4.78, 5) is 28.0. The lowest BCUT2D eigenvalue weighted by molar-refractivity contribution is 0.0608. The maximum Gasteiger partial charge on any atom is 0.430 e. The molecule has 0 unspecified atom stereocenters. The van der Waals surface area contributed by atoms with Gasteiger partial charge in [0.1, 0.15) is 16.3 Å². The number of aromatic nitrogens is 1. The van der Waals surface area contributed by atoms with Gasteiger partial charge in [-0.05, 0) is 39.3 Å². The van der Waals surface area contributed by atoms with E-state index >= 15 is 4.39 Å². The van der Waals surface area contributed by atoms with Crippen LogP contribution in [-0.4, -0.2) is 60.3 Å². The number of carbonyl (C=O) groups excluding carboxylic acids is 1. The highest BCUT2D eigenvalue weighted by atomic mass is 35.5. The summed E-state index contributed by atoms with van der Waals surface area (Å²) in [5.41, 5.74) is 0.402. The summed E-state index contributed by atoms with van der Waals surface area (Å²) < 4.78 is 47.1. The second-order valence-corrected chi connectivity index (χ2v) is 11.1. The molecule has 0 saturated carbocycles. The summed E-state index contributed by atoms with van der Waals surface area (Å²) in [5.74, 6) is -1.40. The van der Waals surface area contributed by atoms with Crippen molar-refractivity contribution in [1.29, 1.82) is 0 Å². The van der Waals surface area contributed by atoms with Crippen molar-refractivity contribution in [2.45, 2.75) is 43.7 Å². The first-order valence-electron chi connectivity index (χ1n) is 9.69. The zero-order valence-corrected chi connectivity index (χ0v) is 20.3. The number of thiazole rings is 1. The van der Waals surface area contributed by atoms with Crippen LogP contribution in [0, 0.1) is 5.82 Å². The lowest BCUT2D eigenvalue weighted by atomic mass is 10.2. The van der Waals surface area contributed by atoms with Crippen LogP contribution in [0.3, 0.4) is 0 Å². The van der Waals surface area contributed by atoms with Gasteiger partial charge in [0.25, 0.3) is 10.0 Å². The molecule has 1 fully saturated rings. The molecule has 1 atom stereocenters. The molecule has 1 aliphatic heterocycles. The highest BCUT2D eigenvalue weighted by Gasteiger charge is 2.38. The van der Waals surface area contributed by atoms with E-state index in [2.05, 4.69) is 10.3 Å². The molecule has 0 spiro atoms. The number of nitrogens with zero attached hydrogens (tertiary/aromatic N) is 3. The Labute approximate surface area is 199 Å². The van der Waals surface area contributed by atoms with Crippen molar-refractivity contribution in [3.05, 3.63) is 33.9 Å². The molecule has 1 aromatic heterocycles. The number of likely N-dealkylation sites (tertiary alicyclic amines) is 1. The molecule has 14 heteroatoms. The van der Waals surface area contributed by atoms with Gasteiger partial charge in [-0.2, -0.15) is 0 Å². The summed E-state index contributed by atoms with van der Waals surface area (Å²) in [6.45, 7) is 5.15. The van der Waals surface area contributed by atoms with E-state index in [1.807, 2.05) is 0 Å². The Morgan fingerprint density at radius 3 is 2.64 bits per heavy atom. The average molecular weight is 521 g/mol. The molecule has 33 heavy (non-hydrogen) atoms. The van der Waals surface area contributed by atoms with Crippen molar-refractivity contribution in [1.82, 2.24) is 9.88 Å². The number of amides is 2. The molecule has 0 aliphatic carbocycles. The number of nitrogens with one attached hydrogen (secondary N) is 1. The fourth-order valence-corrected chi connectivity index (χ4v) is 5.35. The molecule has 0 bridgehead atoms. The largest absolute Gasteiger partial charge is 0.465 e. The van der Waals surface area contributed by atoms with E-state index in [1.165, 1.54) is 15.8 Å². The van der Waals surface area contributed by atoms with Crippen LogP contribution in [0.5, 0.6) is 0 Å². The summed E-state index contributed by atoms with van der Waals surface area (Å²) in [5, 5.41) is 13.2. The minimum atomic E-state index is -4.78. The maximum absolute atomic E-state index is 15.0. The number of benzene rings is 1. The number of hydrogen-bond donors (Lipinski definition) is 2. The Balaban J connectivity index is 1.94. The van der Waals surface area contributed by atoms with Crippen LogP contribution < -0.4 is 9.62 Å². The second-order valence-electron chi connectivity index (χ2n) is 8.22. The minimum absolute atomic E-state index is 0.0998. The van der Waals surface area contributed by atoms with Crippen LogP contribution in [-0.2, 0) is 14.8 Å². The third kappa shape index (κ3) is 5.65. The second kappa shape index (κ2) is 9.31. The molecular weight excluding hydrogens is 499 g/mol. The van der Waals surface area contributed by atoms with Crippen LogP contribution in [0.25, 0.3) is 0 Å². The van der Waals surface area contributed by atoms with Crippen LogP contribution in [0.4, 0.5) is 25.5 Å². The molecule has 0 radical (unpaired) electrons. The fourth-order valence-electron chi connectivity index (χ4n) is 3.13. The molecule has 2 aromatic rings. The van der Waals surface area contributed by atoms with E-state index in [1.54, 1.807) is 20.8 Å². The van der Waals surface area contributed by atoms with Crippen molar-refractivity contribution in [2.75, 3.05) is 22.7 Å². The number of ether oxygens (including phenoxy) is 1. The molecule has 3 rings (SSSR count). The number of carbonyl (C=O) groups is 2. The Hall–Kier alpha value is -2.64. The molecule has 2 heterocycles. The first-order chi connectivity index (χ1) is 15.3. The average Bonchev–Trinajstić information content (AvgIpc) is 3.35. The van der Waals surface area contributed by atoms with Gasteiger partial charge in [0, 0.05) is 24.5 Å². The first kappa shape index (κ1) is 25.0. The minimum Gasteiger partial charge on any atom is -0.465 e. The van der Waals surface area contributed by atoms with Gasteiger partial charge in [-0.1, -0.05) is 11.6 Å².